The number of hydrazine groups is 1. The van der Waals surface area contributed by atoms with E-state index >= 15 is 0 Å². The van der Waals surface area contributed by atoms with Crippen molar-refractivity contribution in [3.05, 3.63) is 24.2 Å². The number of carbonyl (C=O) groups is 2. The Kier molecular flexibility index (Phi) is 3.29. The first-order chi connectivity index (χ1) is 8.22. The minimum absolute atomic E-state index is 0.150. The fraction of sp³-hybridized carbons (Fsp3) is 0.400. The zero-order valence-electron chi connectivity index (χ0n) is 9.26. The van der Waals surface area contributed by atoms with E-state index in [1.54, 1.807) is 21.9 Å². The van der Waals surface area contributed by atoms with E-state index in [1.165, 1.54) is 6.26 Å². The second-order valence-electron chi connectivity index (χ2n) is 3.71. The molecule has 0 aromatic carbocycles. The lowest BCUT2D eigenvalue weighted by atomic mass is 10.3. The van der Waals surface area contributed by atoms with Gasteiger partial charge < -0.3 is 14.2 Å². The van der Waals surface area contributed by atoms with Crippen LogP contribution in [-0.4, -0.2) is 47.9 Å². The Balaban J connectivity index is 1.91. The second-order valence-corrected chi connectivity index (χ2v) is 3.71. The average Bonchev–Trinajstić information content (AvgIpc) is 2.91. The van der Waals surface area contributed by atoms with E-state index in [-0.39, 0.29) is 11.9 Å². The monoisotopic (exact) mass is 238 g/mol. The van der Waals surface area contributed by atoms with Gasteiger partial charge in [-0.15, -0.1) is 0 Å². The number of nitrogens with one attached hydrogen (secondary N) is 1. The number of hydrogen-bond acceptors (Lipinski definition) is 4. The summed E-state index contributed by atoms with van der Waals surface area (Å²) in [7, 11) is 0. The van der Waals surface area contributed by atoms with E-state index in [4.69, 9.17) is 10.3 Å². The Labute approximate surface area is 98.1 Å². The summed E-state index contributed by atoms with van der Waals surface area (Å²) in [5, 5.41) is 0. The molecule has 7 nitrogen and oxygen atoms in total. The Morgan fingerprint density at radius 2 is 1.88 bits per heavy atom. The first-order valence-corrected chi connectivity index (χ1v) is 5.30. The molecule has 1 aliphatic rings. The second kappa shape index (κ2) is 4.88. The van der Waals surface area contributed by atoms with Crippen molar-refractivity contribution in [2.45, 2.75) is 0 Å². The normalized spacial score (nSPS) is 15.8. The number of carbonyl (C=O) groups excluding carboxylic acids is 2. The Morgan fingerprint density at radius 3 is 2.41 bits per heavy atom. The number of urea groups is 1. The van der Waals surface area contributed by atoms with Crippen LogP contribution in [0.5, 0.6) is 0 Å². The summed E-state index contributed by atoms with van der Waals surface area (Å²) in [6, 6.07) is 2.97. The molecule has 0 spiro atoms. The number of hydrogen-bond donors (Lipinski definition) is 2. The maximum absolute atomic E-state index is 11.9. The van der Waals surface area contributed by atoms with Crippen LogP contribution < -0.4 is 11.3 Å². The number of nitrogens with two attached hydrogens (primary N) is 1. The molecular formula is C10H14N4O3. The highest BCUT2D eigenvalue weighted by Gasteiger charge is 2.25. The number of piperazine rings is 1. The van der Waals surface area contributed by atoms with Crippen molar-refractivity contribution < 1.29 is 14.0 Å². The van der Waals surface area contributed by atoms with Crippen LogP contribution in [0, 0.1) is 0 Å². The third-order valence-electron chi connectivity index (χ3n) is 2.71. The standard InChI is InChI=1S/C10H14N4O3/c11-12-10(16)14-5-3-13(4-6-14)9(15)8-2-1-7-17-8/h1-2,7H,3-6,11H2,(H,12,16). The van der Waals surface area contributed by atoms with E-state index in [1.807, 2.05) is 0 Å². The summed E-state index contributed by atoms with van der Waals surface area (Å²) in [4.78, 5) is 26.3. The summed E-state index contributed by atoms with van der Waals surface area (Å²) < 4.78 is 5.04. The van der Waals surface area contributed by atoms with Crippen LogP contribution in [0.15, 0.2) is 22.8 Å². The fourth-order valence-corrected chi connectivity index (χ4v) is 1.76. The van der Waals surface area contributed by atoms with Crippen molar-refractivity contribution in [2.75, 3.05) is 26.2 Å². The molecule has 1 saturated heterocycles. The Hall–Kier alpha value is -2.02. The Bertz CT molecular complexity index is 396. The number of nitrogens with zero attached hydrogens (tertiary/aromatic N) is 2. The van der Waals surface area contributed by atoms with Gasteiger partial charge in [-0.05, 0) is 12.1 Å². The van der Waals surface area contributed by atoms with Crippen molar-refractivity contribution in [3.8, 4) is 0 Å². The summed E-state index contributed by atoms with van der Waals surface area (Å²) >= 11 is 0. The van der Waals surface area contributed by atoms with Crippen molar-refractivity contribution in [1.82, 2.24) is 15.2 Å². The van der Waals surface area contributed by atoms with E-state index in [0.717, 1.165) is 0 Å². The highest BCUT2D eigenvalue weighted by Crippen LogP contribution is 2.09. The third kappa shape index (κ3) is 2.39. The lowest BCUT2D eigenvalue weighted by molar-refractivity contribution is 0.0634. The smallest absolute Gasteiger partial charge is 0.331 e. The minimum atomic E-state index is -0.324. The molecule has 0 atom stereocenters. The predicted molar refractivity (Wildman–Crippen MR) is 58.9 cm³/mol. The molecule has 0 aliphatic carbocycles. The van der Waals surface area contributed by atoms with Gasteiger partial charge in [0.05, 0.1) is 6.26 Å². The quantitative estimate of drug-likeness (QED) is 0.396. The molecular weight excluding hydrogens is 224 g/mol. The molecule has 7 heteroatoms. The number of rotatable bonds is 1. The lowest BCUT2D eigenvalue weighted by Gasteiger charge is -2.33. The number of furan rings is 1. The third-order valence-corrected chi connectivity index (χ3v) is 2.71. The van der Waals surface area contributed by atoms with Crippen LogP contribution in [0.25, 0.3) is 0 Å². The lowest BCUT2D eigenvalue weighted by Crippen LogP contribution is -2.54. The highest BCUT2D eigenvalue weighted by molar-refractivity contribution is 5.91. The molecule has 2 rings (SSSR count). The van der Waals surface area contributed by atoms with Gasteiger partial charge in [0.25, 0.3) is 5.91 Å². The molecule has 3 amide bonds. The van der Waals surface area contributed by atoms with Crippen LogP contribution in [0.4, 0.5) is 4.79 Å². The van der Waals surface area contributed by atoms with E-state index in [0.29, 0.717) is 31.9 Å². The van der Waals surface area contributed by atoms with Gasteiger partial charge in [-0.2, -0.15) is 0 Å². The molecule has 0 radical (unpaired) electrons. The molecule has 17 heavy (non-hydrogen) atoms. The summed E-state index contributed by atoms with van der Waals surface area (Å²) in [5.41, 5.74) is 2.07. The van der Waals surface area contributed by atoms with Crippen LogP contribution >= 0.6 is 0 Å². The molecule has 0 bridgehead atoms. The zero-order chi connectivity index (χ0) is 12.3. The van der Waals surface area contributed by atoms with Gasteiger partial charge in [0.15, 0.2) is 5.76 Å². The molecule has 0 saturated carbocycles. The topological polar surface area (TPSA) is 91.8 Å². The highest BCUT2D eigenvalue weighted by atomic mass is 16.3. The van der Waals surface area contributed by atoms with Crippen LogP contribution in [0.1, 0.15) is 10.6 Å². The summed E-state index contributed by atoms with van der Waals surface area (Å²) in [6.07, 6.45) is 1.46. The predicted octanol–water partition coefficient (Wildman–Crippen LogP) is -0.379. The molecule has 0 unspecified atom stereocenters. The minimum Gasteiger partial charge on any atom is -0.459 e. The maximum Gasteiger partial charge on any atom is 0.331 e. The van der Waals surface area contributed by atoms with E-state index in [9.17, 15) is 9.59 Å². The van der Waals surface area contributed by atoms with Crippen molar-refractivity contribution >= 4 is 11.9 Å². The van der Waals surface area contributed by atoms with E-state index < -0.39 is 0 Å². The molecule has 1 aliphatic heterocycles. The van der Waals surface area contributed by atoms with Crippen molar-refractivity contribution in [2.24, 2.45) is 5.84 Å². The van der Waals surface area contributed by atoms with E-state index in [2.05, 4.69) is 5.43 Å². The molecule has 2 heterocycles. The maximum atomic E-state index is 11.9. The van der Waals surface area contributed by atoms with Crippen molar-refractivity contribution in [1.29, 1.82) is 0 Å². The zero-order valence-corrected chi connectivity index (χ0v) is 9.26. The van der Waals surface area contributed by atoms with Gasteiger partial charge >= 0.3 is 6.03 Å². The molecule has 1 aromatic heterocycles. The molecule has 92 valence electrons. The molecule has 1 fully saturated rings. The Morgan fingerprint density at radius 1 is 1.24 bits per heavy atom. The first kappa shape index (κ1) is 11.5. The van der Waals surface area contributed by atoms with Crippen LogP contribution in [-0.2, 0) is 0 Å². The molecule has 1 aromatic rings. The van der Waals surface area contributed by atoms with Gasteiger partial charge in [0.1, 0.15) is 0 Å². The summed E-state index contributed by atoms with van der Waals surface area (Å²) in [5.74, 6) is 5.21. The first-order valence-electron chi connectivity index (χ1n) is 5.30. The van der Waals surface area contributed by atoms with Gasteiger partial charge in [0, 0.05) is 26.2 Å². The average molecular weight is 238 g/mol. The van der Waals surface area contributed by atoms with Gasteiger partial charge in [0.2, 0.25) is 0 Å². The SMILES string of the molecule is NNC(=O)N1CCN(C(=O)c2ccco2)CC1. The fourth-order valence-electron chi connectivity index (χ4n) is 1.76. The molecule has 3 N–H and O–H groups in total. The van der Waals surface area contributed by atoms with Gasteiger partial charge in [-0.3, -0.25) is 10.2 Å². The van der Waals surface area contributed by atoms with Crippen LogP contribution in [0.3, 0.4) is 0 Å². The van der Waals surface area contributed by atoms with Crippen LogP contribution in [0.2, 0.25) is 0 Å². The van der Waals surface area contributed by atoms with Gasteiger partial charge in [-0.25, -0.2) is 10.6 Å². The van der Waals surface area contributed by atoms with Crippen molar-refractivity contribution in [3.63, 3.8) is 0 Å². The number of amides is 3. The summed E-state index contributed by atoms with van der Waals surface area (Å²) in [6.45, 7) is 1.89. The largest absolute Gasteiger partial charge is 0.459 e. The van der Waals surface area contributed by atoms with Gasteiger partial charge in [-0.1, -0.05) is 0 Å².